The van der Waals surface area contributed by atoms with Crippen molar-refractivity contribution < 1.29 is 9.59 Å². The van der Waals surface area contributed by atoms with Crippen LogP contribution >= 0.6 is 0 Å². The van der Waals surface area contributed by atoms with Crippen molar-refractivity contribution in [2.75, 3.05) is 6.54 Å². The molecule has 1 aromatic rings. The quantitative estimate of drug-likeness (QED) is 0.738. The van der Waals surface area contributed by atoms with Gasteiger partial charge in [-0.2, -0.15) is 0 Å². The third kappa shape index (κ3) is 4.73. The molecule has 0 saturated heterocycles. The van der Waals surface area contributed by atoms with E-state index in [1.54, 1.807) is 0 Å². The molecule has 1 amide bonds. The van der Waals surface area contributed by atoms with Gasteiger partial charge in [0.15, 0.2) is 0 Å². The van der Waals surface area contributed by atoms with Gasteiger partial charge in [-0.05, 0) is 11.5 Å². The molecule has 1 atom stereocenters. The maximum Gasteiger partial charge on any atom is 0.224 e. The molecule has 1 unspecified atom stereocenters. The van der Waals surface area contributed by atoms with E-state index >= 15 is 0 Å². The van der Waals surface area contributed by atoms with Crippen molar-refractivity contribution in [3.05, 3.63) is 35.9 Å². The first-order chi connectivity index (χ1) is 7.72. The molecule has 1 aromatic carbocycles. The first kappa shape index (κ1) is 12.4. The summed E-state index contributed by atoms with van der Waals surface area (Å²) in [6.07, 6.45) is 1.77. The van der Waals surface area contributed by atoms with Crippen LogP contribution in [0.15, 0.2) is 30.3 Å². The minimum Gasteiger partial charge on any atom is -0.356 e. The highest BCUT2D eigenvalue weighted by atomic mass is 16.1. The predicted octanol–water partition coefficient (Wildman–Crippen LogP) is 1.57. The van der Waals surface area contributed by atoms with E-state index in [0.29, 0.717) is 19.4 Å². The Balaban J connectivity index is 2.29. The molecular formula is C13H17NO2. The minimum absolute atomic E-state index is 0.00366. The summed E-state index contributed by atoms with van der Waals surface area (Å²) in [4.78, 5) is 21.8. The Morgan fingerprint density at radius 3 is 2.69 bits per heavy atom. The SMILES string of the molecule is CC(CC=O)CNC(=O)Cc1ccccc1. The minimum atomic E-state index is 0.00366. The number of carbonyl (C=O) groups is 2. The molecule has 0 saturated carbocycles. The Bertz CT molecular complexity index is 335. The topological polar surface area (TPSA) is 46.2 Å². The third-order valence-corrected chi connectivity index (χ3v) is 2.35. The molecule has 16 heavy (non-hydrogen) atoms. The number of benzene rings is 1. The number of aldehydes is 1. The Morgan fingerprint density at radius 2 is 2.06 bits per heavy atom. The van der Waals surface area contributed by atoms with Gasteiger partial charge in [-0.25, -0.2) is 0 Å². The average molecular weight is 219 g/mol. The zero-order valence-electron chi connectivity index (χ0n) is 9.48. The number of rotatable bonds is 6. The van der Waals surface area contributed by atoms with Gasteiger partial charge in [0, 0.05) is 13.0 Å². The van der Waals surface area contributed by atoms with E-state index in [0.717, 1.165) is 11.8 Å². The first-order valence-electron chi connectivity index (χ1n) is 5.46. The largest absolute Gasteiger partial charge is 0.356 e. The molecular weight excluding hydrogens is 202 g/mol. The number of amides is 1. The molecule has 86 valence electrons. The van der Waals surface area contributed by atoms with E-state index in [1.807, 2.05) is 37.3 Å². The van der Waals surface area contributed by atoms with Gasteiger partial charge < -0.3 is 10.1 Å². The van der Waals surface area contributed by atoms with Crippen molar-refractivity contribution >= 4 is 12.2 Å². The van der Waals surface area contributed by atoms with E-state index < -0.39 is 0 Å². The van der Waals surface area contributed by atoms with Crippen LogP contribution in [0.25, 0.3) is 0 Å². The Labute approximate surface area is 95.9 Å². The number of hydrogen-bond acceptors (Lipinski definition) is 2. The zero-order chi connectivity index (χ0) is 11.8. The highest BCUT2D eigenvalue weighted by molar-refractivity contribution is 5.78. The number of nitrogens with one attached hydrogen (secondary N) is 1. The van der Waals surface area contributed by atoms with Gasteiger partial charge in [-0.1, -0.05) is 37.3 Å². The standard InChI is InChI=1S/C13H17NO2/c1-11(7-8-15)10-14-13(16)9-12-5-3-2-4-6-12/h2-6,8,11H,7,9-10H2,1H3,(H,14,16). The maximum atomic E-state index is 11.5. The molecule has 0 aliphatic rings. The van der Waals surface area contributed by atoms with Crippen molar-refractivity contribution in [1.82, 2.24) is 5.32 Å². The Kier molecular flexibility index (Phi) is 5.26. The smallest absolute Gasteiger partial charge is 0.224 e. The molecule has 0 aromatic heterocycles. The van der Waals surface area contributed by atoms with E-state index in [9.17, 15) is 9.59 Å². The van der Waals surface area contributed by atoms with Gasteiger partial charge >= 0.3 is 0 Å². The van der Waals surface area contributed by atoms with Crippen molar-refractivity contribution in [3.8, 4) is 0 Å². The molecule has 3 nitrogen and oxygen atoms in total. The fourth-order valence-corrected chi connectivity index (χ4v) is 1.38. The normalized spacial score (nSPS) is 11.8. The van der Waals surface area contributed by atoms with Crippen LogP contribution in [0.5, 0.6) is 0 Å². The van der Waals surface area contributed by atoms with Crippen molar-refractivity contribution in [1.29, 1.82) is 0 Å². The molecule has 0 bridgehead atoms. The summed E-state index contributed by atoms with van der Waals surface area (Å²) < 4.78 is 0. The second kappa shape index (κ2) is 6.77. The number of hydrogen-bond donors (Lipinski definition) is 1. The summed E-state index contributed by atoms with van der Waals surface area (Å²) >= 11 is 0. The summed E-state index contributed by atoms with van der Waals surface area (Å²) in [5, 5.41) is 2.82. The van der Waals surface area contributed by atoms with Crippen LogP contribution in [0.2, 0.25) is 0 Å². The highest BCUT2D eigenvalue weighted by Gasteiger charge is 2.05. The van der Waals surface area contributed by atoms with Crippen LogP contribution < -0.4 is 5.32 Å². The summed E-state index contributed by atoms with van der Waals surface area (Å²) in [5.41, 5.74) is 1.00. The molecule has 0 heterocycles. The monoisotopic (exact) mass is 219 g/mol. The second-order valence-electron chi connectivity index (χ2n) is 3.97. The van der Waals surface area contributed by atoms with Crippen LogP contribution in [0.1, 0.15) is 18.9 Å². The third-order valence-electron chi connectivity index (χ3n) is 2.35. The Morgan fingerprint density at radius 1 is 1.38 bits per heavy atom. The molecule has 0 radical (unpaired) electrons. The fraction of sp³-hybridized carbons (Fsp3) is 0.385. The van der Waals surface area contributed by atoms with E-state index in [1.165, 1.54) is 0 Å². The summed E-state index contributed by atoms with van der Waals surface area (Å²) in [5.74, 6) is 0.209. The van der Waals surface area contributed by atoms with E-state index in [2.05, 4.69) is 5.32 Å². The molecule has 1 N–H and O–H groups in total. The lowest BCUT2D eigenvalue weighted by Crippen LogP contribution is -2.29. The molecule has 0 aliphatic heterocycles. The van der Waals surface area contributed by atoms with Crippen LogP contribution in [-0.2, 0) is 16.0 Å². The van der Waals surface area contributed by atoms with Crippen molar-refractivity contribution in [2.45, 2.75) is 19.8 Å². The highest BCUT2D eigenvalue weighted by Crippen LogP contribution is 2.00. The lowest BCUT2D eigenvalue weighted by Gasteiger charge is -2.09. The Hall–Kier alpha value is -1.64. The second-order valence-corrected chi connectivity index (χ2v) is 3.97. The summed E-state index contributed by atoms with van der Waals surface area (Å²) in [7, 11) is 0. The van der Waals surface area contributed by atoms with Gasteiger partial charge in [-0.3, -0.25) is 4.79 Å². The van der Waals surface area contributed by atoms with Gasteiger partial charge in [0.1, 0.15) is 6.29 Å². The maximum absolute atomic E-state index is 11.5. The van der Waals surface area contributed by atoms with Crippen molar-refractivity contribution in [2.24, 2.45) is 5.92 Å². The van der Waals surface area contributed by atoms with Crippen LogP contribution in [0, 0.1) is 5.92 Å². The van der Waals surface area contributed by atoms with Crippen LogP contribution in [0.4, 0.5) is 0 Å². The van der Waals surface area contributed by atoms with Gasteiger partial charge in [-0.15, -0.1) is 0 Å². The van der Waals surface area contributed by atoms with Gasteiger partial charge in [0.2, 0.25) is 5.91 Å². The average Bonchev–Trinajstić information content (AvgIpc) is 2.28. The van der Waals surface area contributed by atoms with E-state index in [4.69, 9.17) is 0 Å². The molecule has 3 heteroatoms. The summed E-state index contributed by atoms with van der Waals surface area (Å²) in [6, 6.07) is 9.60. The molecule has 0 aliphatic carbocycles. The van der Waals surface area contributed by atoms with Gasteiger partial charge in [0.25, 0.3) is 0 Å². The lowest BCUT2D eigenvalue weighted by molar-refractivity contribution is -0.120. The number of carbonyl (C=O) groups excluding carboxylic acids is 2. The molecule has 0 spiro atoms. The van der Waals surface area contributed by atoms with Crippen LogP contribution in [-0.4, -0.2) is 18.7 Å². The molecule has 0 fully saturated rings. The van der Waals surface area contributed by atoms with Crippen molar-refractivity contribution in [3.63, 3.8) is 0 Å². The van der Waals surface area contributed by atoms with Crippen LogP contribution in [0.3, 0.4) is 0 Å². The zero-order valence-corrected chi connectivity index (χ0v) is 9.48. The molecule has 1 rings (SSSR count). The fourth-order valence-electron chi connectivity index (χ4n) is 1.38. The van der Waals surface area contributed by atoms with E-state index in [-0.39, 0.29) is 11.8 Å². The summed E-state index contributed by atoms with van der Waals surface area (Å²) in [6.45, 7) is 2.50. The first-order valence-corrected chi connectivity index (χ1v) is 5.46. The van der Waals surface area contributed by atoms with Gasteiger partial charge in [0.05, 0.1) is 6.42 Å². The lowest BCUT2D eigenvalue weighted by atomic mass is 10.1. The predicted molar refractivity (Wildman–Crippen MR) is 63.0 cm³/mol.